The Kier molecular flexibility index (Phi) is 3.37. The summed E-state index contributed by atoms with van der Waals surface area (Å²) in [6.07, 6.45) is 1.79. The minimum absolute atomic E-state index is 0.116. The van der Waals surface area contributed by atoms with Crippen molar-refractivity contribution in [3.8, 4) is 0 Å². The van der Waals surface area contributed by atoms with Crippen molar-refractivity contribution in [3.05, 3.63) is 29.8 Å². The van der Waals surface area contributed by atoms with Crippen LogP contribution in [0.3, 0.4) is 0 Å². The van der Waals surface area contributed by atoms with Crippen LogP contribution in [0.25, 0.3) is 0 Å². The van der Waals surface area contributed by atoms with Gasteiger partial charge < -0.3 is 4.90 Å². The summed E-state index contributed by atoms with van der Waals surface area (Å²) in [6.45, 7) is 0. The van der Waals surface area contributed by atoms with E-state index in [4.69, 9.17) is 0 Å². The number of hydrogen-bond acceptors (Lipinski definition) is 3. The third-order valence-corrected chi connectivity index (χ3v) is 2.41. The van der Waals surface area contributed by atoms with E-state index in [0.29, 0.717) is 0 Å². The molecule has 0 radical (unpaired) electrons. The average molecular weight is 195 g/mol. The SMILES string of the molecule is CSC(=O)c1ccc(N(C)C)cc1. The molecule has 0 saturated carbocycles. The lowest BCUT2D eigenvalue weighted by Gasteiger charge is -2.11. The number of hydrogen-bond donors (Lipinski definition) is 0. The highest BCUT2D eigenvalue weighted by atomic mass is 32.2. The largest absolute Gasteiger partial charge is 0.378 e. The molecule has 0 spiro atoms. The highest BCUT2D eigenvalue weighted by Gasteiger charge is 2.03. The molecule has 0 fully saturated rings. The second-order valence-corrected chi connectivity index (χ2v) is 3.71. The number of anilines is 1. The molecule has 70 valence electrons. The average Bonchev–Trinajstić information content (AvgIpc) is 2.17. The van der Waals surface area contributed by atoms with Gasteiger partial charge in [-0.05, 0) is 30.5 Å². The molecule has 0 heterocycles. The highest BCUT2D eigenvalue weighted by molar-refractivity contribution is 8.13. The van der Waals surface area contributed by atoms with E-state index >= 15 is 0 Å². The van der Waals surface area contributed by atoms with Crippen molar-refractivity contribution < 1.29 is 4.79 Å². The van der Waals surface area contributed by atoms with Gasteiger partial charge in [-0.3, -0.25) is 4.79 Å². The van der Waals surface area contributed by atoms with Gasteiger partial charge in [0.25, 0.3) is 0 Å². The van der Waals surface area contributed by atoms with Crippen molar-refractivity contribution in [1.29, 1.82) is 0 Å². The van der Waals surface area contributed by atoms with E-state index in [1.54, 1.807) is 6.26 Å². The Hall–Kier alpha value is -0.960. The van der Waals surface area contributed by atoms with Crippen LogP contribution < -0.4 is 4.90 Å². The van der Waals surface area contributed by atoms with E-state index in [9.17, 15) is 4.79 Å². The first-order valence-corrected chi connectivity index (χ1v) is 5.23. The molecule has 0 aliphatic heterocycles. The third kappa shape index (κ3) is 2.49. The summed E-state index contributed by atoms with van der Waals surface area (Å²) in [5.41, 5.74) is 1.87. The molecule has 0 aliphatic carbocycles. The van der Waals surface area contributed by atoms with E-state index in [2.05, 4.69) is 0 Å². The highest BCUT2D eigenvalue weighted by Crippen LogP contribution is 2.15. The molecule has 0 unspecified atom stereocenters. The van der Waals surface area contributed by atoms with Crippen LogP contribution in [0.4, 0.5) is 5.69 Å². The maximum Gasteiger partial charge on any atom is 0.219 e. The molecule has 0 aromatic heterocycles. The molecular weight excluding hydrogens is 182 g/mol. The first-order chi connectivity index (χ1) is 6.15. The van der Waals surface area contributed by atoms with Gasteiger partial charge in [0.05, 0.1) is 0 Å². The van der Waals surface area contributed by atoms with E-state index in [1.807, 2.05) is 43.3 Å². The monoisotopic (exact) mass is 195 g/mol. The smallest absolute Gasteiger partial charge is 0.219 e. The van der Waals surface area contributed by atoms with Gasteiger partial charge in [0.15, 0.2) is 0 Å². The zero-order valence-electron chi connectivity index (χ0n) is 8.07. The molecule has 1 aromatic rings. The zero-order chi connectivity index (χ0) is 9.84. The summed E-state index contributed by atoms with van der Waals surface area (Å²) in [5.74, 6) is 0. The van der Waals surface area contributed by atoms with Gasteiger partial charge in [-0.1, -0.05) is 11.8 Å². The van der Waals surface area contributed by atoms with Gasteiger partial charge in [0.1, 0.15) is 0 Å². The summed E-state index contributed by atoms with van der Waals surface area (Å²) in [7, 11) is 3.96. The van der Waals surface area contributed by atoms with E-state index in [0.717, 1.165) is 11.3 Å². The minimum atomic E-state index is 0.116. The topological polar surface area (TPSA) is 20.3 Å². The fraction of sp³-hybridized carbons (Fsp3) is 0.300. The van der Waals surface area contributed by atoms with E-state index in [-0.39, 0.29) is 5.12 Å². The van der Waals surface area contributed by atoms with Crippen molar-refractivity contribution in [2.75, 3.05) is 25.3 Å². The first-order valence-electron chi connectivity index (χ1n) is 4.01. The zero-order valence-corrected chi connectivity index (χ0v) is 8.89. The summed E-state index contributed by atoms with van der Waals surface area (Å²) in [6, 6.07) is 7.61. The molecule has 1 rings (SSSR count). The molecule has 0 aliphatic rings. The Morgan fingerprint density at radius 3 is 2.15 bits per heavy atom. The molecule has 0 saturated heterocycles. The number of benzene rings is 1. The number of nitrogens with zero attached hydrogens (tertiary/aromatic N) is 1. The normalized spacial score (nSPS) is 9.77. The minimum Gasteiger partial charge on any atom is -0.378 e. The lowest BCUT2D eigenvalue weighted by Crippen LogP contribution is -2.08. The summed E-state index contributed by atoms with van der Waals surface area (Å²) in [4.78, 5) is 13.3. The molecular formula is C10H13NOS. The number of carbonyl (C=O) groups is 1. The van der Waals surface area contributed by atoms with Gasteiger partial charge >= 0.3 is 0 Å². The van der Waals surface area contributed by atoms with Gasteiger partial charge in [-0.25, -0.2) is 0 Å². The van der Waals surface area contributed by atoms with Gasteiger partial charge in [0, 0.05) is 25.3 Å². The number of thioether (sulfide) groups is 1. The third-order valence-electron chi connectivity index (χ3n) is 1.80. The molecule has 0 N–H and O–H groups in total. The number of carbonyl (C=O) groups excluding carboxylic acids is 1. The maximum absolute atomic E-state index is 11.2. The second kappa shape index (κ2) is 4.33. The van der Waals surface area contributed by atoms with Crippen LogP contribution in [-0.2, 0) is 0 Å². The lowest BCUT2D eigenvalue weighted by molar-refractivity contribution is 0.108. The maximum atomic E-state index is 11.2. The Morgan fingerprint density at radius 2 is 1.77 bits per heavy atom. The van der Waals surface area contributed by atoms with Crippen molar-refractivity contribution in [2.45, 2.75) is 0 Å². The van der Waals surface area contributed by atoms with Crippen molar-refractivity contribution in [3.63, 3.8) is 0 Å². The quantitative estimate of drug-likeness (QED) is 0.722. The predicted octanol–water partition coefficient (Wildman–Crippen LogP) is 2.26. The van der Waals surface area contributed by atoms with Crippen LogP contribution in [0, 0.1) is 0 Å². The van der Waals surface area contributed by atoms with Crippen molar-refractivity contribution >= 4 is 22.6 Å². The summed E-state index contributed by atoms with van der Waals surface area (Å²) < 4.78 is 0. The van der Waals surface area contributed by atoms with Crippen LogP contribution in [0.15, 0.2) is 24.3 Å². The number of rotatable bonds is 2. The second-order valence-electron chi connectivity index (χ2n) is 2.93. The van der Waals surface area contributed by atoms with Gasteiger partial charge in [-0.15, -0.1) is 0 Å². The fourth-order valence-corrected chi connectivity index (χ4v) is 1.39. The van der Waals surface area contributed by atoms with E-state index in [1.165, 1.54) is 11.8 Å². The summed E-state index contributed by atoms with van der Waals surface area (Å²) in [5, 5.41) is 0.116. The van der Waals surface area contributed by atoms with Crippen molar-refractivity contribution in [1.82, 2.24) is 0 Å². The van der Waals surface area contributed by atoms with Crippen LogP contribution in [-0.4, -0.2) is 25.5 Å². The molecule has 3 heteroatoms. The van der Waals surface area contributed by atoms with Gasteiger partial charge in [0.2, 0.25) is 5.12 Å². The van der Waals surface area contributed by atoms with Crippen LogP contribution in [0.1, 0.15) is 10.4 Å². The standard InChI is InChI=1S/C10H13NOS/c1-11(2)9-6-4-8(5-7-9)10(12)13-3/h4-7H,1-3H3. The first kappa shape index (κ1) is 10.1. The Balaban J connectivity index is 2.87. The summed E-state index contributed by atoms with van der Waals surface area (Å²) >= 11 is 1.24. The molecule has 0 atom stereocenters. The molecule has 0 bridgehead atoms. The van der Waals surface area contributed by atoms with Crippen LogP contribution >= 0.6 is 11.8 Å². The molecule has 13 heavy (non-hydrogen) atoms. The van der Waals surface area contributed by atoms with Crippen LogP contribution in [0.5, 0.6) is 0 Å². The predicted molar refractivity (Wildman–Crippen MR) is 58.6 cm³/mol. The lowest BCUT2D eigenvalue weighted by atomic mass is 10.2. The Labute approximate surface area is 82.9 Å². The molecule has 1 aromatic carbocycles. The molecule has 2 nitrogen and oxygen atoms in total. The van der Waals surface area contributed by atoms with Gasteiger partial charge in [-0.2, -0.15) is 0 Å². The molecule has 0 amide bonds. The van der Waals surface area contributed by atoms with Crippen molar-refractivity contribution in [2.24, 2.45) is 0 Å². The van der Waals surface area contributed by atoms with Crippen LogP contribution in [0.2, 0.25) is 0 Å². The Morgan fingerprint density at radius 1 is 1.23 bits per heavy atom. The van der Waals surface area contributed by atoms with E-state index < -0.39 is 0 Å². The Bertz CT molecular complexity index is 292. The fourth-order valence-electron chi connectivity index (χ4n) is 1.01.